The number of halogens is 1. The van der Waals surface area contributed by atoms with Crippen LogP contribution in [0.1, 0.15) is 47.7 Å². The van der Waals surface area contributed by atoms with E-state index in [4.69, 9.17) is 5.73 Å². The molecule has 2 N–H and O–H groups in total. The van der Waals surface area contributed by atoms with Crippen LogP contribution >= 0.6 is 15.9 Å². The molecular formula is C25H25BrN2O. The van der Waals surface area contributed by atoms with Crippen LogP contribution in [0.3, 0.4) is 0 Å². The summed E-state index contributed by atoms with van der Waals surface area (Å²) in [6.45, 7) is 2.95. The summed E-state index contributed by atoms with van der Waals surface area (Å²) in [5.74, 6) is -0.387. The van der Waals surface area contributed by atoms with Crippen molar-refractivity contribution in [2.45, 2.75) is 39.2 Å². The molecule has 4 heteroatoms. The van der Waals surface area contributed by atoms with Crippen molar-refractivity contribution < 1.29 is 4.79 Å². The topological polar surface area (TPSA) is 48.0 Å². The first-order valence-corrected chi connectivity index (χ1v) is 11.0. The number of carbonyl (C=O) groups excluding carboxylic acids is 1. The van der Waals surface area contributed by atoms with Crippen molar-refractivity contribution in [3.05, 3.63) is 81.8 Å². The molecule has 0 saturated carbocycles. The maximum Gasteiger partial charge on any atom is 0.249 e. The minimum Gasteiger partial charge on any atom is -0.366 e. The molecule has 0 aliphatic rings. The zero-order valence-corrected chi connectivity index (χ0v) is 18.2. The van der Waals surface area contributed by atoms with Gasteiger partial charge < -0.3 is 10.3 Å². The van der Waals surface area contributed by atoms with Crippen LogP contribution in [0.5, 0.6) is 0 Å². The van der Waals surface area contributed by atoms with E-state index in [0.29, 0.717) is 5.56 Å². The highest BCUT2D eigenvalue weighted by Gasteiger charge is 2.17. The van der Waals surface area contributed by atoms with Crippen LogP contribution in [-0.4, -0.2) is 10.5 Å². The summed E-state index contributed by atoms with van der Waals surface area (Å²) in [7, 11) is 0. The van der Waals surface area contributed by atoms with Gasteiger partial charge in [-0.25, -0.2) is 0 Å². The minimum absolute atomic E-state index is 0.387. The van der Waals surface area contributed by atoms with Gasteiger partial charge in [-0.1, -0.05) is 72.1 Å². The molecular weight excluding hydrogens is 424 g/mol. The molecule has 1 aromatic heterocycles. The monoisotopic (exact) mass is 448 g/mol. The lowest BCUT2D eigenvalue weighted by molar-refractivity contribution is 0.100. The van der Waals surface area contributed by atoms with Crippen LogP contribution in [0.4, 0.5) is 0 Å². The van der Waals surface area contributed by atoms with Gasteiger partial charge in [-0.2, -0.15) is 0 Å². The van der Waals surface area contributed by atoms with Gasteiger partial charge in [0.05, 0.1) is 5.52 Å². The number of aryl methyl sites for hydroxylation is 1. The van der Waals surface area contributed by atoms with Gasteiger partial charge in [-0.3, -0.25) is 4.79 Å². The molecule has 4 rings (SSSR count). The van der Waals surface area contributed by atoms with E-state index in [1.165, 1.54) is 30.4 Å². The van der Waals surface area contributed by atoms with E-state index in [1.54, 1.807) is 0 Å². The molecule has 0 fully saturated rings. The summed E-state index contributed by atoms with van der Waals surface area (Å²) in [5, 5.41) is 2.03. The number of amides is 1. The van der Waals surface area contributed by atoms with Crippen molar-refractivity contribution in [3.63, 3.8) is 0 Å². The van der Waals surface area contributed by atoms with Gasteiger partial charge in [0.25, 0.3) is 0 Å². The third kappa shape index (κ3) is 3.82. The number of rotatable bonds is 7. The third-order valence-corrected chi connectivity index (χ3v) is 6.35. The zero-order chi connectivity index (χ0) is 20.4. The lowest BCUT2D eigenvalue weighted by atomic mass is 10.0. The Bertz CT molecular complexity index is 1190. The van der Waals surface area contributed by atoms with Crippen LogP contribution in [0, 0.1) is 0 Å². The van der Waals surface area contributed by atoms with E-state index in [-0.39, 0.29) is 5.91 Å². The first-order valence-electron chi connectivity index (χ1n) is 10.2. The quantitative estimate of drug-likeness (QED) is 0.325. The SMILES string of the molecule is CCCCCc1ccc2c3c(C(N)=O)cccc3n(Cc3ccccc3Br)c2c1. The Morgan fingerprint density at radius 3 is 2.59 bits per heavy atom. The van der Waals surface area contributed by atoms with Crippen LogP contribution < -0.4 is 5.73 Å². The first kappa shape index (κ1) is 19.7. The summed E-state index contributed by atoms with van der Waals surface area (Å²) < 4.78 is 3.39. The van der Waals surface area contributed by atoms with Crippen molar-refractivity contribution in [1.29, 1.82) is 0 Å². The largest absolute Gasteiger partial charge is 0.366 e. The van der Waals surface area contributed by atoms with Gasteiger partial charge >= 0.3 is 0 Å². The molecule has 4 aromatic rings. The number of nitrogens with two attached hydrogens (primary N) is 1. The molecule has 3 nitrogen and oxygen atoms in total. The highest BCUT2D eigenvalue weighted by atomic mass is 79.9. The molecule has 0 radical (unpaired) electrons. The second-order valence-electron chi connectivity index (χ2n) is 7.55. The molecule has 0 atom stereocenters. The Kier molecular flexibility index (Phi) is 5.72. The fourth-order valence-corrected chi connectivity index (χ4v) is 4.51. The first-order chi connectivity index (χ1) is 14.1. The summed E-state index contributed by atoms with van der Waals surface area (Å²) in [6.07, 6.45) is 4.72. The maximum atomic E-state index is 12.1. The Hall–Kier alpha value is -2.59. The van der Waals surface area contributed by atoms with E-state index < -0.39 is 0 Å². The Morgan fingerprint density at radius 2 is 1.83 bits per heavy atom. The lowest BCUT2D eigenvalue weighted by Crippen LogP contribution is -2.11. The van der Waals surface area contributed by atoms with Gasteiger partial charge in [0.15, 0.2) is 0 Å². The molecule has 3 aromatic carbocycles. The smallest absolute Gasteiger partial charge is 0.249 e. The lowest BCUT2D eigenvalue weighted by Gasteiger charge is -2.10. The molecule has 0 saturated heterocycles. The van der Waals surface area contributed by atoms with Gasteiger partial charge in [0.2, 0.25) is 5.91 Å². The number of aromatic nitrogens is 1. The average Bonchev–Trinajstić information content (AvgIpc) is 3.03. The molecule has 148 valence electrons. The Balaban J connectivity index is 1.94. The van der Waals surface area contributed by atoms with E-state index in [2.05, 4.69) is 69.9 Å². The fourth-order valence-electron chi connectivity index (χ4n) is 4.10. The van der Waals surface area contributed by atoms with Gasteiger partial charge in [0.1, 0.15) is 0 Å². The van der Waals surface area contributed by atoms with Crippen LogP contribution in [0.15, 0.2) is 65.1 Å². The molecule has 0 unspecified atom stereocenters. The molecule has 0 bridgehead atoms. The molecule has 0 aliphatic heterocycles. The third-order valence-electron chi connectivity index (χ3n) is 5.58. The van der Waals surface area contributed by atoms with Gasteiger partial charge in [-0.15, -0.1) is 0 Å². The summed E-state index contributed by atoms with van der Waals surface area (Å²) in [5.41, 5.74) is 11.0. The molecule has 0 aliphatic carbocycles. The molecule has 0 spiro atoms. The highest BCUT2D eigenvalue weighted by Crippen LogP contribution is 2.34. The van der Waals surface area contributed by atoms with Crippen LogP contribution in [0.25, 0.3) is 21.8 Å². The summed E-state index contributed by atoms with van der Waals surface area (Å²) in [4.78, 5) is 12.1. The van der Waals surface area contributed by atoms with Gasteiger partial charge in [-0.05, 0) is 48.2 Å². The van der Waals surface area contributed by atoms with E-state index >= 15 is 0 Å². The molecule has 1 amide bonds. The van der Waals surface area contributed by atoms with Crippen molar-refractivity contribution in [2.24, 2.45) is 5.73 Å². The van der Waals surface area contributed by atoms with Crippen molar-refractivity contribution >= 4 is 43.6 Å². The number of unbranched alkanes of at least 4 members (excludes halogenated alkanes) is 2. The van der Waals surface area contributed by atoms with Crippen molar-refractivity contribution in [3.8, 4) is 0 Å². The van der Waals surface area contributed by atoms with E-state index in [1.807, 2.05) is 18.2 Å². The molecule has 29 heavy (non-hydrogen) atoms. The number of carbonyl (C=O) groups is 1. The second-order valence-corrected chi connectivity index (χ2v) is 8.40. The van der Waals surface area contributed by atoms with E-state index in [0.717, 1.165) is 39.2 Å². The normalized spacial score (nSPS) is 11.4. The Labute approximate surface area is 179 Å². The number of fused-ring (bicyclic) bond motifs is 3. The maximum absolute atomic E-state index is 12.1. The van der Waals surface area contributed by atoms with Crippen molar-refractivity contribution in [1.82, 2.24) is 4.57 Å². The summed E-state index contributed by atoms with van der Waals surface area (Å²) in [6, 6.07) is 20.7. The fraction of sp³-hybridized carbons (Fsp3) is 0.240. The highest BCUT2D eigenvalue weighted by molar-refractivity contribution is 9.10. The number of primary amides is 1. The number of hydrogen-bond donors (Lipinski definition) is 1. The minimum atomic E-state index is -0.387. The van der Waals surface area contributed by atoms with E-state index in [9.17, 15) is 4.79 Å². The number of benzene rings is 3. The van der Waals surface area contributed by atoms with Gasteiger partial charge in [0, 0.05) is 32.9 Å². The standard InChI is InChI=1S/C25H25BrN2O/c1-2-3-4-8-17-13-14-19-23(15-17)28(16-18-9-5-6-11-21(18)26)22-12-7-10-20(24(19)22)25(27)29/h5-7,9-15H,2-4,8,16H2,1H3,(H2,27,29). The molecule has 1 heterocycles. The summed E-state index contributed by atoms with van der Waals surface area (Å²) >= 11 is 3.68. The predicted octanol–water partition coefficient (Wildman–Crippen LogP) is 6.44. The average molecular weight is 449 g/mol. The van der Waals surface area contributed by atoms with Crippen molar-refractivity contribution in [2.75, 3.05) is 0 Å². The number of nitrogens with zero attached hydrogens (tertiary/aromatic N) is 1. The van der Waals surface area contributed by atoms with Crippen LogP contribution in [-0.2, 0) is 13.0 Å². The Morgan fingerprint density at radius 1 is 1.00 bits per heavy atom. The van der Waals surface area contributed by atoms with Crippen LogP contribution in [0.2, 0.25) is 0 Å². The predicted molar refractivity (Wildman–Crippen MR) is 124 cm³/mol. The zero-order valence-electron chi connectivity index (χ0n) is 16.6. The number of hydrogen-bond acceptors (Lipinski definition) is 1. The second kappa shape index (κ2) is 8.42.